The van der Waals surface area contributed by atoms with E-state index in [2.05, 4.69) is 4.72 Å². The molecule has 1 N–H and O–H groups in total. The fourth-order valence-corrected chi connectivity index (χ4v) is 4.20. The number of carbonyl (C=O) groups excluding carboxylic acids is 1. The quantitative estimate of drug-likeness (QED) is 0.779. The number of hydrogen-bond acceptors (Lipinski definition) is 3. The standard InChI is InChI=1S/C18H16ClF3N2O3S/c19-16-8-7-14(11-15(16)18(20,21)22)28(26,27)23-13-5-3-12(4-6-13)17(25)24-9-1-2-10-24/h3-8,11,23H,1-2,9-10H2. The van der Waals surface area contributed by atoms with Crippen LogP contribution in [-0.4, -0.2) is 32.3 Å². The van der Waals surface area contributed by atoms with Crippen molar-refractivity contribution >= 4 is 33.2 Å². The van der Waals surface area contributed by atoms with Crippen LogP contribution in [0.25, 0.3) is 0 Å². The minimum Gasteiger partial charge on any atom is -0.339 e. The third-order valence-corrected chi connectivity index (χ3v) is 6.04. The smallest absolute Gasteiger partial charge is 0.339 e. The number of likely N-dealkylation sites (tertiary alicyclic amines) is 1. The van der Waals surface area contributed by atoms with Crippen LogP contribution in [0.5, 0.6) is 0 Å². The average Bonchev–Trinajstić information content (AvgIpc) is 3.15. The second kappa shape index (κ2) is 7.63. The summed E-state index contributed by atoms with van der Waals surface area (Å²) in [6, 6.07) is 8.09. The summed E-state index contributed by atoms with van der Waals surface area (Å²) in [4.78, 5) is 13.4. The van der Waals surface area contributed by atoms with E-state index in [0.29, 0.717) is 24.7 Å². The molecule has 0 saturated carbocycles. The van der Waals surface area contributed by atoms with Gasteiger partial charge in [0.05, 0.1) is 15.5 Å². The molecule has 0 bridgehead atoms. The summed E-state index contributed by atoms with van der Waals surface area (Å²) in [6.07, 6.45) is -2.88. The van der Waals surface area contributed by atoms with Gasteiger partial charge in [-0.05, 0) is 55.3 Å². The van der Waals surface area contributed by atoms with Gasteiger partial charge in [-0.1, -0.05) is 11.6 Å². The molecule has 150 valence electrons. The highest BCUT2D eigenvalue weighted by Crippen LogP contribution is 2.36. The van der Waals surface area contributed by atoms with Crippen LogP contribution < -0.4 is 4.72 Å². The Morgan fingerprint density at radius 1 is 1.04 bits per heavy atom. The van der Waals surface area contributed by atoms with Crippen molar-refractivity contribution in [2.75, 3.05) is 17.8 Å². The van der Waals surface area contributed by atoms with E-state index in [9.17, 15) is 26.4 Å². The maximum atomic E-state index is 13.0. The summed E-state index contributed by atoms with van der Waals surface area (Å²) in [5.41, 5.74) is -0.694. The highest BCUT2D eigenvalue weighted by atomic mass is 35.5. The zero-order chi connectivity index (χ0) is 20.5. The number of nitrogens with one attached hydrogen (secondary N) is 1. The Bertz CT molecular complexity index is 986. The van der Waals surface area contributed by atoms with Crippen molar-refractivity contribution in [2.45, 2.75) is 23.9 Å². The van der Waals surface area contributed by atoms with Crippen LogP contribution in [0.15, 0.2) is 47.4 Å². The monoisotopic (exact) mass is 432 g/mol. The van der Waals surface area contributed by atoms with Crippen molar-refractivity contribution in [2.24, 2.45) is 0 Å². The Hall–Kier alpha value is -2.26. The van der Waals surface area contributed by atoms with Gasteiger partial charge in [-0.3, -0.25) is 9.52 Å². The number of rotatable bonds is 4. The molecule has 1 aliphatic rings. The maximum absolute atomic E-state index is 13.0. The molecule has 2 aromatic carbocycles. The van der Waals surface area contributed by atoms with Gasteiger partial charge >= 0.3 is 6.18 Å². The number of sulfonamides is 1. The number of benzene rings is 2. The molecule has 0 atom stereocenters. The molecule has 28 heavy (non-hydrogen) atoms. The van der Waals surface area contributed by atoms with E-state index in [4.69, 9.17) is 11.6 Å². The van der Waals surface area contributed by atoms with Crippen LogP contribution in [-0.2, 0) is 16.2 Å². The van der Waals surface area contributed by atoms with Crippen molar-refractivity contribution in [3.05, 3.63) is 58.6 Å². The Morgan fingerprint density at radius 3 is 2.21 bits per heavy atom. The van der Waals surface area contributed by atoms with E-state index in [1.807, 2.05) is 0 Å². The van der Waals surface area contributed by atoms with Crippen molar-refractivity contribution in [1.29, 1.82) is 0 Å². The largest absolute Gasteiger partial charge is 0.417 e. The van der Waals surface area contributed by atoms with E-state index in [0.717, 1.165) is 25.0 Å². The molecule has 1 saturated heterocycles. The minimum atomic E-state index is -4.78. The van der Waals surface area contributed by atoms with Crippen LogP contribution in [0, 0.1) is 0 Å². The lowest BCUT2D eigenvalue weighted by atomic mass is 10.2. The zero-order valence-corrected chi connectivity index (χ0v) is 16.0. The van der Waals surface area contributed by atoms with Gasteiger partial charge < -0.3 is 4.90 Å². The van der Waals surface area contributed by atoms with E-state index >= 15 is 0 Å². The van der Waals surface area contributed by atoms with E-state index < -0.39 is 31.7 Å². The topological polar surface area (TPSA) is 66.5 Å². The Morgan fingerprint density at radius 2 is 1.64 bits per heavy atom. The van der Waals surface area contributed by atoms with Crippen LogP contribution >= 0.6 is 11.6 Å². The summed E-state index contributed by atoms with van der Waals surface area (Å²) in [6.45, 7) is 1.37. The van der Waals surface area contributed by atoms with Gasteiger partial charge in [-0.2, -0.15) is 13.2 Å². The average molecular weight is 433 g/mol. The molecule has 0 aliphatic carbocycles. The number of halogens is 4. The number of amides is 1. The fraction of sp³-hybridized carbons (Fsp3) is 0.278. The van der Waals surface area contributed by atoms with Crippen molar-refractivity contribution < 1.29 is 26.4 Å². The van der Waals surface area contributed by atoms with E-state index in [-0.39, 0.29) is 11.6 Å². The molecular formula is C18H16ClF3N2O3S. The number of hydrogen-bond donors (Lipinski definition) is 1. The highest BCUT2D eigenvalue weighted by molar-refractivity contribution is 7.92. The first-order chi connectivity index (χ1) is 13.1. The number of nitrogens with zero attached hydrogens (tertiary/aromatic N) is 1. The molecule has 10 heteroatoms. The predicted molar refractivity (Wildman–Crippen MR) is 98.8 cm³/mol. The second-order valence-corrected chi connectivity index (χ2v) is 8.41. The lowest BCUT2D eigenvalue weighted by Crippen LogP contribution is -2.27. The molecule has 0 unspecified atom stereocenters. The summed E-state index contributed by atoms with van der Waals surface area (Å²) >= 11 is 5.52. The lowest BCUT2D eigenvalue weighted by Gasteiger charge is -2.16. The van der Waals surface area contributed by atoms with Gasteiger partial charge in [0.2, 0.25) is 0 Å². The van der Waals surface area contributed by atoms with Gasteiger partial charge in [0.1, 0.15) is 0 Å². The first kappa shape index (κ1) is 20.5. The molecule has 0 spiro atoms. The maximum Gasteiger partial charge on any atom is 0.417 e. The van der Waals surface area contributed by atoms with Crippen LogP contribution in [0.1, 0.15) is 28.8 Å². The summed E-state index contributed by atoms with van der Waals surface area (Å²) in [7, 11) is -4.27. The molecule has 1 fully saturated rings. The van der Waals surface area contributed by atoms with Crippen LogP contribution in [0.3, 0.4) is 0 Å². The third-order valence-electron chi connectivity index (χ3n) is 4.33. The number of alkyl halides is 3. The predicted octanol–water partition coefficient (Wildman–Crippen LogP) is 4.40. The molecule has 2 aromatic rings. The van der Waals surface area contributed by atoms with Gasteiger partial charge in [-0.15, -0.1) is 0 Å². The van der Waals surface area contributed by atoms with Gasteiger partial charge in [-0.25, -0.2) is 8.42 Å². The molecule has 0 radical (unpaired) electrons. The van der Waals surface area contributed by atoms with Crippen molar-refractivity contribution in [3.8, 4) is 0 Å². The zero-order valence-electron chi connectivity index (χ0n) is 14.5. The number of carbonyl (C=O) groups is 1. The molecule has 1 heterocycles. The first-order valence-electron chi connectivity index (χ1n) is 8.37. The Labute approximate surface area is 165 Å². The van der Waals surface area contributed by atoms with E-state index in [1.54, 1.807) is 4.90 Å². The molecule has 5 nitrogen and oxygen atoms in total. The summed E-state index contributed by atoms with van der Waals surface area (Å²) < 4.78 is 65.9. The Kier molecular flexibility index (Phi) is 5.58. The molecule has 1 amide bonds. The SMILES string of the molecule is O=C(c1ccc(NS(=O)(=O)c2ccc(Cl)c(C(F)(F)F)c2)cc1)N1CCCC1. The molecule has 0 aromatic heterocycles. The third kappa shape index (κ3) is 4.41. The van der Waals surface area contributed by atoms with E-state index in [1.165, 1.54) is 24.3 Å². The van der Waals surface area contributed by atoms with Crippen LogP contribution in [0.4, 0.5) is 18.9 Å². The molecule has 1 aliphatic heterocycles. The second-order valence-electron chi connectivity index (χ2n) is 6.32. The van der Waals surface area contributed by atoms with Gasteiger partial charge in [0.25, 0.3) is 15.9 Å². The molecular weight excluding hydrogens is 417 g/mol. The summed E-state index contributed by atoms with van der Waals surface area (Å²) in [5.74, 6) is -0.139. The van der Waals surface area contributed by atoms with Gasteiger partial charge in [0.15, 0.2) is 0 Å². The van der Waals surface area contributed by atoms with Crippen molar-refractivity contribution in [3.63, 3.8) is 0 Å². The Balaban J connectivity index is 1.80. The highest BCUT2D eigenvalue weighted by Gasteiger charge is 2.34. The lowest BCUT2D eigenvalue weighted by molar-refractivity contribution is -0.137. The summed E-state index contributed by atoms with van der Waals surface area (Å²) in [5, 5.41) is -0.587. The normalized spacial score (nSPS) is 14.9. The van der Waals surface area contributed by atoms with Crippen LogP contribution in [0.2, 0.25) is 5.02 Å². The van der Waals surface area contributed by atoms with Gasteiger partial charge in [0, 0.05) is 24.3 Å². The first-order valence-corrected chi connectivity index (χ1v) is 10.2. The van der Waals surface area contributed by atoms with Crippen molar-refractivity contribution in [1.82, 2.24) is 4.90 Å². The fourth-order valence-electron chi connectivity index (χ4n) is 2.89. The molecule has 3 rings (SSSR count). The minimum absolute atomic E-state index is 0.126. The number of anilines is 1.